The predicted octanol–water partition coefficient (Wildman–Crippen LogP) is 5.05. The van der Waals surface area contributed by atoms with E-state index >= 15 is 0 Å². The number of aromatic amines is 2. The highest BCUT2D eigenvalue weighted by Gasteiger charge is 2.20. The maximum atomic E-state index is 4.54. The van der Waals surface area contributed by atoms with Crippen molar-refractivity contribution in [2.75, 3.05) is 13.1 Å². The van der Waals surface area contributed by atoms with Crippen LogP contribution in [0.5, 0.6) is 0 Å². The van der Waals surface area contributed by atoms with Crippen LogP contribution in [-0.2, 0) is 6.42 Å². The van der Waals surface area contributed by atoms with Crippen LogP contribution in [0.4, 0.5) is 0 Å². The number of rotatable bonds is 3. The number of pyridine rings is 1. The van der Waals surface area contributed by atoms with Crippen LogP contribution in [0.15, 0.2) is 36.7 Å². The number of nitrogens with zero attached hydrogens (tertiary/aromatic N) is 1. The number of benzene rings is 1. The summed E-state index contributed by atoms with van der Waals surface area (Å²) in [4.78, 5) is 11.5. The highest BCUT2D eigenvalue weighted by atomic mass is 14.9. The van der Waals surface area contributed by atoms with Crippen LogP contribution in [-0.4, -0.2) is 28.0 Å². The van der Waals surface area contributed by atoms with Crippen molar-refractivity contribution >= 4 is 21.9 Å². The fourth-order valence-electron chi connectivity index (χ4n) is 4.69. The van der Waals surface area contributed by atoms with Crippen molar-refractivity contribution in [3.63, 3.8) is 0 Å². The molecular weight excluding hydrogens is 332 g/mol. The van der Waals surface area contributed by atoms with Gasteiger partial charge in [-0.3, -0.25) is 0 Å². The quantitative estimate of drug-likeness (QED) is 0.480. The van der Waals surface area contributed by atoms with E-state index in [1.807, 2.05) is 12.4 Å². The summed E-state index contributed by atoms with van der Waals surface area (Å²) >= 11 is 0. The van der Waals surface area contributed by atoms with Gasteiger partial charge in [-0.1, -0.05) is 13.0 Å². The molecule has 1 fully saturated rings. The largest absolute Gasteiger partial charge is 0.354 e. The van der Waals surface area contributed by atoms with E-state index in [4.69, 9.17) is 0 Å². The Hall–Kier alpha value is -2.59. The Balaban J connectivity index is 1.71. The maximum absolute atomic E-state index is 4.54. The first-order chi connectivity index (χ1) is 13.3. The summed E-state index contributed by atoms with van der Waals surface area (Å²) in [5.74, 6) is 0.678. The van der Waals surface area contributed by atoms with Crippen LogP contribution < -0.4 is 5.32 Å². The number of hydrogen-bond donors (Lipinski definition) is 3. The summed E-state index contributed by atoms with van der Waals surface area (Å²) in [7, 11) is 0. The molecule has 0 radical (unpaired) electrons. The Bertz CT molecular complexity index is 1110. The third kappa shape index (κ3) is 2.67. The molecule has 5 rings (SSSR count). The molecule has 0 amide bonds. The molecule has 0 unspecified atom stereocenters. The highest BCUT2D eigenvalue weighted by Crippen LogP contribution is 2.38. The van der Waals surface area contributed by atoms with Gasteiger partial charge in [0.15, 0.2) is 0 Å². The summed E-state index contributed by atoms with van der Waals surface area (Å²) < 4.78 is 0. The Morgan fingerprint density at radius 3 is 2.78 bits per heavy atom. The Labute approximate surface area is 159 Å². The molecular formula is C23H26N4. The normalized spacial score (nSPS) is 15.8. The summed E-state index contributed by atoms with van der Waals surface area (Å²) in [5, 5.41) is 6.04. The lowest BCUT2D eigenvalue weighted by atomic mass is 9.89. The number of nitrogens with one attached hydrogen (secondary N) is 3. The van der Waals surface area contributed by atoms with Crippen molar-refractivity contribution in [3.8, 4) is 11.3 Å². The summed E-state index contributed by atoms with van der Waals surface area (Å²) in [6.45, 7) is 6.67. The van der Waals surface area contributed by atoms with Crippen molar-refractivity contribution in [2.45, 2.75) is 39.0 Å². The minimum atomic E-state index is 0.678. The molecule has 4 heterocycles. The molecule has 3 aromatic heterocycles. The van der Waals surface area contributed by atoms with Crippen LogP contribution >= 0.6 is 0 Å². The van der Waals surface area contributed by atoms with Gasteiger partial charge in [-0.05, 0) is 80.1 Å². The van der Waals surface area contributed by atoms with Crippen molar-refractivity contribution in [2.24, 2.45) is 0 Å². The number of fused-ring (bicyclic) bond motifs is 2. The maximum Gasteiger partial charge on any atom is 0.137 e. The number of hydrogen-bond acceptors (Lipinski definition) is 2. The van der Waals surface area contributed by atoms with Gasteiger partial charge in [0.25, 0.3) is 0 Å². The van der Waals surface area contributed by atoms with Crippen molar-refractivity contribution in [3.05, 3.63) is 53.3 Å². The molecule has 0 saturated carbocycles. The highest BCUT2D eigenvalue weighted by molar-refractivity contribution is 6.00. The summed E-state index contributed by atoms with van der Waals surface area (Å²) in [5.41, 5.74) is 8.82. The van der Waals surface area contributed by atoms with Crippen LogP contribution in [0.3, 0.4) is 0 Å². The van der Waals surface area contributed by atoms with Crippen molar-refractivity contribution in [1.82, 2.24) is 20.3 Å². The first kappa shape index (κ1) is 16.6. The van der Waals surface area contributed by atoms with E-state index in [9.17, 15) is 0 Å². The van der Waals surface area contributed by atoms with Crippen LogP contribution in [0.1, 0.15) is 42.4 Å². The number of H-pyrrole nitrogens is 2. The number of piperidine rings is 1. The van der Waals surface area contributed by atoms with Crippen molar-refractivity contribution in [1.29, 1.82) is 0 Å². The Morgan fingerprint density at radius 1 is 1.11 bits per heavy atom. The molecule has 4 nitrogen and oxygen atoms in total. The van der Waals surface area contributed by atoms with E-state index in [1.165, 1.54) is 57.1 Å². The van der Waals surface area contributed by atoms with Crippen molar-refractivity contribution < 1.29 is 0 Å². The molecule has 1 aliphatic rings. The molecule has 0 aliphatic carbocycles. The van der Waals surface area contributed by atoms with Gasteiger partial charge in [0.05, 0.1) is 5.69 Å². The van der Waals surface area contributed by atoms with E-state index in [1.54, 1.807) is 0 Å². The molecule has 0 spiro atoms. The average molecular weight is 358 g/mol. The van der Waals surface area contributed by atoms with Gasteiger partial charge in [0.1, 0.15) is 5.65 Å². The molecule has 1 aromatic carbocycles. The van der Waals surface area contributed by atoms with Gasteiger partial charge < -0.3 is 15.3 Å². The topological polar surface area (TPSA) is 56.5 Å². The van der Waals surface area contributed by atoms with Crippen LogP contribution in [0.25, 0.3) is 33.2 Å². The molecule has 4 aromatic rings. The second kappa shape index (κ2) is 6.54. The monoisotopic (exact) mass is 358 g/mol. The van der Waals surface area contributed by atoms with E-state index < -0.39 is 0 Å². The SMILES string of the molecule is CCc1c(-c2c(C)cnc3[nH]ccc23)[nH]c2ccc(C3CCNCC3)cc12. The molecule has 27 heavy (non-hydrogen) atoms. The standard InChI is InChI=1S/C23H26N4/c1-3-17-19-12-16(15-6-9-24-10-7-15)4-5-20(19)27-22(17)21-14(2)13-26-23-18(21)8-11-25-23/h4-5,8,11-13,15,24,27H,3,6-7,9-10H2,1-2H3,(H,25,26). The second-order valence-corrected chi connectivity index (χ2v) is 7.72. The fourth-order valence-corrected chi connectivity index (χ4v) is 4.69. The number of aromatic nitrogens is 3. The van der Waals surface area contributed by atoms with Gasteiger partial charge in [-0.15, -0.1) is 0 Å². The van der Waals surface area contributed by atoms with Gasteiger partial charge >= 0.3 is 0 Å². The molecule has 1 aliphatic heterocycles. The van der Waals surface area contributed by atoms with Crippen LogP contribution in [0.2, 0.25) is 0 Å². The first-order valence-corrected chi connectivity index (χ1v) is 10.0. The fraction of sp³-hybridized carbons (Fsp3) is 0.348. The summed E-state index contributed by atoms with van der Waals surface area (Å²) in [6.07, 6.45) is 7.43. The lowest BCUT2D eigenvalue weighted by molar-refractivity contribution is 0.460. The molecule has 1 saturated heterocycles. The first-order valence-electron chi connectivity index (χ1n) is 10.0. The zero-order valence-corrected chi connectivity index (χ0v) is 16.0. The third-order valence-corrected chi connectivity index (χ3v) is 6.12. The van der Waals surface area contributed by atoms with Crippen LogP contribution in [0, 0.1) is 6.92 Å². The smallest absolute Gasteiger partial charge is 0.137 e. The lowest BCUT2D eigenvalue weighted by Gasteiger charge is -2.23. The number of aryl methyl sites for hydroxylation is 2. The molecule has 138 valence electrons. The molecule has 4 heteroatoms. The zero-order valence-electron chi connectivity index (χ0n) is 16.0. The minimum Gasteiger partial charge on any atom is -0.354 e. The van der Waals surface area contributed by atoms with Gasteiger partial charge in [-0.2, -0.15) is 0 Å². The van der Waals surface area contributed by atoms with Gasteiger partial charge in [0, 0.05) is 34.2 Å². The Kier molecular flexibility index (Phi) is 4.01. The van der Waals surface area contributed by atoms with E-state index in [2.05, 4.69) is 58.4 Å². The van der Waals surface area contributed by atoms with E-state index in [0.29, 0.717) is 5.92 Å². The van der Waals surface area contributed by atoms with E-state index in [0.717, 1.165) is 25.2 Å². The minimum absolute atomic E-state index is 0.678. The molecule has 3 N–H and O–H groups in total. The summed E-state index contributed by atoms with van der Waals surface area (Å²) in [6, 6.07) is 9.18. The average Bonchev–Trinajstić information content (AvgIpc) is 3.32. The predicted molar refractivity (Wildman–Crippen MR) is 112 cm³/mol. The molecule has 0 bridgehead atoms. The second-order valence-electron chi connectivity index (χ2n) is 7.72. The van der Waals surface area contributed by atoms with Gasteiger partial charge in [-0.25, -0.2) is 4.98 Å². The Morgan fingerprint density at radius 2 is 1.96 bits per heavy atom. The van der Waals surface area contributed by atoms with Gasteiger partial charge in [0.2, 0.25) is 0 Å². The molecule has 0 atom stereocenters. The van der Waals surface area contributed by atoms with E-state index in [-0.39, 0.29) is 0 Å². The third-order valence-electron chi connectivity index (χ3n) is 6.12. The zero-order chi connectivity index (χ0) is 18.4. The lowest BCUT2D eigenvalue weighted by Crippen LogP contribution is -2.26.